The number of aromatic hydroxyl groups is 2. The molecular weight excluding hydrogens is 272 g/mol. The molecule has 1 unspecified atom stereocenters. The highest BCUT2D eigenvalue weighted by Gasteiger charge is 2.19. The van der Waals surface area contributed by atoms with Crippen molar-refractivity contribution in [2.75, 3.05) is 0 Å². The van der Waals surface area contributed by atoms with Gasteiger partial charge in [0.05, 0.1) is 0 Å². The number of rotatable bonds is 3. The minimum atomic E-state index is -0.0672. The molecule has 0 amide bonds. The zero-order valence-electron chi connectivity index (χ0n) is 12.4. The van der Waals surface area contributed by atoms with Crippen LogP contribution in [-0.4, -0.2) is 10.2 Å². The first-order chi connectivity index (χ1) is 10.6. The molecule has 2 N–H and O–H groups in total. The van der Waals surface area contributed by atoms with Crippen LogP contribution in [0.2, 0.25) is 0 Å². The van der Waals surface area contributed by atoms with Crippen molar-refractivity contribution in [3.63, 3.8) is 0 Å². The minimum Gasteiger partial charge on any atom is -0.508 e. The fourth-order valence-corrected chi connectivity index (χ4v) is 2.71. The van der Waals surface area contributed by atoms with Crippen LogP contribution in [0.5, 0.6) is 11.5 Å². The molecule has 0 radical (unpaired) electrons. The van der Waals surface area contributed by atoms with Crippen molar-refractivity contribution in [1.82, 2.24) is 0 Å². The fraction of sp³-hybridized carbons (Fsp3) is 0.100. The lowest BCUT2D eigenvalue weighted by atomic mass is 9.84. The Kier molecular flexibility index (Phi) is 3.84. The molecule has 0 saturated heterocycles. The van der Waals surface area contributed by atoms with Crippen LogP contribution in [0.4, 0.5) is 0 Å². The number of phenols is 2. The van der Waals surface area contributed by atoms with E-state index in [1.165, 1.54) is 5.56 Å². The van der Waals surface area contributed by atoms with E-state index in [4.69, 9.17) is 0 Å². The van der Waals surface area contributed by atoms with E-state index in [0.717, 1.165) is 16.7 Å². The van der Waals surface area contributed by atoms with Gasteiger partial charge in [-0.05, 0) is 36.2 Å². The first-order valence-electron chi connectivity index (χ1n) is 7.28. The van der Waals surface area contributed by atoms with Crippen LogP contribution in [0.25, 0.3) is 0 Å². The Balaban J connectivity index is 2.16. The average Bonchev–Trinajstić information content (AvgIpc) is 2.53. The van der Waals surface area contributed by atoms with Gasteiger partial charge in [0.25, 0.3) is 0 Å². The highest BCUT2D eigenvalue weighted by atomic mass is 16.3. The average molecular weight is 290 g/mol. The van der Waals surface area contributed by atoms with Crippen LogP contribution < -0.4 is 0 Å². The molecule has 2 nitrogen and oxygen atoms in total. The van der Waals surface area contributed by atoms with E-state index in [0.29, 0.717) is 0 Å². The first kappa shape index (κ1) is 14.2. The Morgan fingerprint density at radius 3 is 1.82 bits per heavy atom. The molecule has 22 heavy (non-hydrogen) atoms. The SMILES string of the molecule is Cc1ccc(C(c2ccc(O)cc2)c2ccccc2O)cc1. The van der Waals surface area contributed by atoms with Gasteiger partial charge in [-0.1, -0.05) is 60.2 Å². The summed E-state index contributed by atoms with van der Waals surface area (Å²) in [6.45, 7) is 2.05. The second-order valence-electron chi connectivity index (χ2n) is 5.49. The van der Waals surface area contributed by atoms with E-state index >= 15 is 0 Å². The summed E-state index contributed by atoms with van der Waals surface area (Å²) in [5.41, 5.74) is 4.20. The van der Waals surface area contributed by atoms with Gasteiger partial charge in [0.15, 0.2) is 0 Å². The van der Waals surface area contributed by atoms with Crippen LogP contribution in [0, 0.1) is 6.92 Å². The van der Waals surface area contributed by atoms with E-state index in [-0.39, 0.29) is 17.4 Å². The molecule has 0 aliphatic heterocycles. The maximum atomic E-state index is 10.3. The molecule has 0 spiro atoms. The minimum absolute atomic E-state index is 0.0672. The van der Waals surface area contributed by atoms with E-state index in [1.54, 1.807) is 18.2 Å². The summed E-state index contributed by atoms with van der Waals surface area (Å²) in [6.07, 6.45) is 0. The summed E-state index contributed by atoms with van der Waals surface area (Å²) in [7, 11) is 0. The van der Waals surface area contributed by atoms with Crippen molar-refractivity contribution < 1.29 is 10.2 Å². The van der Waals surface area contributed by atoms with Crippen LogP contribution in [-0.2, 0) is 0 Å². The van der Waals surface area contributed by atoms with E-state index in [2.05, 4.69) is 31.2 Å². The Morgan fingerprint density at radius 1 is 0.682 bits per heavy atom. The molecule has 110 valence electrons. The van der Waals surface area contributed by atoms with Crippen LogP contribution in [0.3, 0.4) is 0 Å². The van der Waals surface area contributed by atoms with Gasteiger partial charge in [-0.25, -0.2) is 0 Å². The molecule has 0 heterocycles. The summed E-state index contributed by atoms with van der Waals surface area (Å²) in [4.78, 5) is 0. The molecule has 3 aromatic rings. The molecule has 0 aliphatic rings. The molecule has 0 saturated carbocycles. The quantitative estimate of drug-likeness (QED) is 0.693. The lowest BCUT2D eigenvalue weighted by Crippen LogP contribution is -2.03. The number of hydrogen-bond donors (Lipinski definition) is 2. The topological polar surface area (TPSA) is 40.5 Å². The maximum absolute atomic E-state index is 10.3. The molecule has 0 aliphatic carbocycles. The van der Waals surface area contributed by atoms with Gasteiger partial charge in [-0.3, -0.25) is 0 Å². The lowest BCUT2D eigenvalue weighted by Gasteiger charge is -2.20. The highest BCUT2D eigenvalue weighted by Crippen LogP contribution is 2.37. The van der Waals surface area contributed by atoms with Gasteiger partial charge in [0.1, 0.15) is 11.5 Å². The second-order valence-corrected chi connectivity index (χ2v) is 5.49. The van der Waals surface area contributed by atoms with Crippen molar-refractivity contribution in [1.29, 1.82) is 0 Å². The standard InChI is InChI=1S/C20H18O2/c1-14-6-8-15(9-7-14)20(16-10-12-17(21)13-11-16)18-4-2-3-5-19(18)22/h2-13,20-22H,1H3. The molecule has 0 bridgehead atoms. The zero-order valence-corrected chi connectivity index (χ0v) is 12.4. The Hall–Kier alpha value is -2.74. The number of benzene rings is 3. The maximum Gasteiger partial charge on any atom is 0.119 e. The summed E-state index contributed by atoms with van der Waals surface area (Å²) in [5, 5.41) is 19.8. The fourth-order valence-electron chi connectivity index (χ4n) is 2.71. The van der Waals surface area contributed by atoms with Crippen molar-refractivity contribution >= 4 is 0 Å². The van der Waals surface area contributed by atoms with Gasteiger partial charge in [-0.15, -0.1) is 0 Å². The third-order valence-electron chi connectivity index (χ3n) is 3.88. The van der Waals surface area contributed by atoms with E-state index in [9.17, 15) is 10.2 Å². The number of aryl methyl sites for hydroxylation is 1. The Morgan fingerprint density at radius 2 is 1.23 bits per heavy atom. The summed E-state index contributed by atoms with van der Waals surface area (Å²) >= 11 is 0. The predicted octanol–water partition coefficient (Wildman–Crippen LogP) is 4.59. The Bertz CT molecular complexity index is 713. The molecule has 0 aromatic heterocycles. The van der Waals surface area contributed by atoms with Gasteiger partial charge in [-0.2, -0.15) is 0 Å². The molecule has 3 aromatic carbocycles. The van der Waals surface area contributed by atoms with Gasteiger partial charge in [0, 0.05) is 11.5 Å². The lowest BCUT2D eigenvalue weighted by molar-refractivity contribution is 0.467. The van der Waals surface area contributed by atoms with E-state index in [1.807, 2.05) is 30.3 Å². The molecule has 3 rings (SSSR count). The van der Waals surface area contributed by atoms with Crippen molar-refractivity contribution in [2.24, 2.45) is 0 Å². The molecular formula is C20H18O2. The smallest absolute Gasteiger partial charge is 0.119 e. The normalized spacial score (nSPS) is 12.0. The van der Waals surface area contributed by atoms with Crippen molar-refractivity contribution in [3.05, 3.63) is 95.1 Å². The van der Waals surface area contributed by atoms with Crippen molar-refractivity contribution in [3.8, 4) is 11.5 Å². The number of para-hydroxylation sites is 1. The van der Waals surface area contributed by atoms with Crippen LogP contribution in [0.15, 0.2) is 72.8 Å². The number of hydrogen-bond acceptors (Lipinski definition) is 2. The van der Waals surface area contributed by atoms with Gasteiger partial charge < -0.3 is 10.2 Å². The molecule has 0 fully saturated rings. The predicted molar refractivity (Wildman–Crippen MR) is 88.3 cm³/mol. The number of phenolic OH excluding ortho intramolecular Hbond substituents is 2. The third kappa shape index (κ3) is 2.82. The Labute approximate surface area is 130 Å². The molecule has 2 heteroatoms. The zero-order chi connectivity index (χ0) is 15.5. The van der Waals surface area contributed by atoms with Crippen LogP contribution in [0.1, 0.15) is 28.2 Å². The third-order valence-corrected chi connectivity index (χ3v) is 3.88. The molecule has 1 atom stereocenters. The van der Waals surface area contributed by atoms with Gasteiger partial charge in [0.2, 0.25) is 0 Å². The monoisotopic (exact) mass is 290 g/mol. The second kappa shape index (κ2) is 5.94. The van der Waals surface area contributed by atoms with Crippen LogP contribution >= 0.6 is 0 Å². The largest absolute Gasteiger partial charge is 0.508 e. The first-order valence-corrected chi connectivity index (χ1v) is 7.28. The van der Waals surface area contributed by atoms with E-state index < -0.39 is 0 Å². The summed E-state index contributed by atoms with van der Waals surface area (Å²) in [6, 6.07) is 22.8. The van der Waals surface area contributed by atoms with Gasteiger partial charge >= 0.3 is 0 Å². The summed E-state index contributed by atoms with van der Waals surface area (Å²) in [5.74, 6) is 0.451. The summed E-state index contributed by atoms with van der Waals surface area (Å²) < 4.78 is 0. The highest BCUT2D eigenvalue weighted by molar-refractivity contribution is 5.49. The van der Waals surface area contributed by atoms with Crippen molar-refractivity contribution in [2.45, 2.75) is 12.8 Å².